The van der Waals surface area contributed by atoms with E-state index in [-0.39, 0.29) is 23.9 Å². The van der Waals surface area contributed by atoms with Gasteiger partial charge in [0.05, 0.1) is 5.92 Å². The van der Waals surface area contributed by atoms with Gasteiger partial charge in [-0.1, -0.05) is 24.6 Å². The summed E-state index contributed by atoms with van der Waals surface area (Å²) in [5.41, 5.74) is 1.55. The van der Waals surface area contributed by atoms with Crippen LogP contribution in [0.1, 0.15) is 41.6 Å². The fourth-order valence-electron chi connectivity index (χ4n) is 3.58. The van der Waals surface area contributed by atoms with Crippen LogP contribution in [0.3, 0.4) is 0 Å². The maximum atomic E-state index is 13.3. The Bertz CT molecular complexity index is 915. The zero-order valence-electron chi connectivity index (χ0n) is 15.9. The van der Waals surface area contributed by atoms with Gasteiger partial charge in [0.2, 0.25) is 5.91 Å². The van der Waals surface area contributed by atoms with Crippen LogP contribution >= 0.6 is 0 Å². The maximum Gasteiger partial charge on any atom is 0.306 e. The SMILES string of the molecule is O=C(Nc1cccc(CNC(=O)C2CCCC(C(=O)O)C2)c1)c1cccc(F)c1. The van der Waals surface area contributed by atoms with Crippen LogP contribution in [0.5, 0.6) is 0 Å². The van der Waals surface area contributed by atoms with Crippen molar-refractivity contribution in [3.05, 3.63) is 65.5 Å². The number of rotatable bonds is 6. The highest BCUT2D eigenvalue weighted by atomic mass is 19.1. The fraction of sp³-hybridized carbons (Fsp3) is 0.318. The van der Waals surface area contributed by atoms with Crippen molar-refractivity contribution in [2.45, 2.75) is 32.2 Å². The standard InChI is InChI=1S/C22H23FN2O4/c23-18-8-3-6-16(12-18)21(27)25-19-9-1-4-14(10-19)13-24-20(26)15-5-2-7-17(11-15)22(28)29/h1,3-4,6,8-10,12,15,17H,2,5,7,11,13H2,(H,24,26)(H,25,27)(H,28,29). The minimum atomic E-state index is -0.843. The molecule has 0 heterocycles. The van der Waals surface area contributed by atoms with E-state index in [1.807, 2.05) is 6.07 Å². The molecule has 29 heavy (non-hydrogen) atoms. The quantitative estimate of drug-likeness (QED) is 0.693. The van der Waals surface area contributed by atoms with Gasteiger partial charge in [-0.3, -0.25) is 14.4 Å². The molecule has 0 radical (unpaired) electrons. The van der Waals surface area contributed by atoms with Crippen LogP contribution in [0.15, 0.2) is 48.5 Å². The van der Waals surface area contributed by atoms with Gasteiger partial charge in [0, 0.05) is 23.7 Å². The van der Waals surface area contributed by atoms with E-state index in [0.717, 1.165) is 18.1 Å². The molecule has 2 unspecified atom stereocenters. The van der Waals surface area contributed by atoms with E-state index < -0.39 is 23.6 Å². The smallest absolute Gasteiger partial charge is 0.306 e. The number of halogens is 1. The zero-order chi connectivity index (χ0) is 20.8. The molecular formula is C22H23FN2O4. The van der Waals surface area contributed by atoms with E-state index in [2.05, 4.69) is 10.6 Å². The van der Waals surface area contributed by atoms with Crippen LogP contribution in [-0.2, 0) is 16.1 Å². The number of carboxylic acid groups (broad SMARTS) is 1. The van der Waals surface area contributed by atoms with E-state index in [4.69, 9.17) is 5.11 Å². The molecule has 3 N–H and O–H groups in total. The molecule has 1 aliphatic carbocycles. The molecule has 2 aromatic rings. The highest BCUT2D eigenvalue weighted by Crippen LogP contribution is 2.29. The number of hydrogen-bond acceptors (Lipinski definition) is 3. The van der Waals surface area contributed by atoms with Crippen LogP contribution in [0.25, 0.3) is 0 Å². The van der Waals surface area contributed by atoms with Crippen LogP contribution < -0.4 is 10.6 Å². The van der Waals surface area contributed by atoms with E-state index >= 15 is 0 Å². The summed E-state index contributed by atoms with van der Waals surface area (Å²) < 4.78 is 13.3. The monoisotopic (exact) mass is 398 g/mol. The summed E-state index contributed by atoms with van der Waals surface area (Å²) in [6.07, 6.45) is 2.41. The van der Waals surface area contributed by atoms with E-state index in [1.54, 1.807) is 18.2 Å². The van der Waals surface area contributed by atoms with Crippen molar-refractivity contribution in [3.63, 3.8) is 0 Å². The van der Waals surface area contributed by atoms with Crippen LogP contribution in [0.2, 0.25) is 0 Å². The first-order chi connectivity index (χ1) is 13.9. The summed E-state index contributed by atoms with van der Waals surface area (Å²) in [4.78, 5) is 35.8. The summed E-state index contributed by atoms with van der Waals surface area (Å²) in [6.45, 7) is 0.275. The molecule has 1 fully saturated rings. The Morgan fingerprint density at radius 1 is 1.03 bits per heavy atom. The van der Waals surface area contributed by atoms with Gasteiger partial charge >= 0.3 is 5.97 Å². The topological polar surface area (TPSA) is 95.5 Å². The van der Waals surface area contributed by atoms with Crippen molar-refractivity contribution in [1.29, 1.82) is 0 Å². The third kappa shape index (κ3) is 5.63. The maximum absolute atomic E-state index is 13.3. The van der Waals surface area contributed by atoms with Gasteiger partial charge in [0.1, 0.15) is 5.82 Å². The first kappa shape index (κ1) is 20.5. The van der Waals surface area contributed by atoms with Crippen LogP contribution in [0.4, 0.5) is 10.1 Å². The lowest BCUT2D eigenvalue weighted by atomic mass is 9.81. The number of anilines is 1. The second kappa shape index (κ2) is 9.32. The first-order valence-corrected chi connectivity index (χ1v) is 9.59. The van der Waals surface area contributed by atoms with Gasteiger partial charge in [0.25, 0.3) is 5.91 Å². The molecule has 0 bridgehead atoms. The molecular weight excluding hydrogens is 375 g/mol. The van der Waals surface area contributed by atoms with Crippen molar-refractivity contribution in [1.82, 2.24) is 5.32 Å². The molecule has 1 aliphatic rings. The van der Waals surface area contributed by atoms with E-state index in [0.29, 0.717) is 24.9 Å². The molecule has 3 rings (SSSR count). The largest absolute Gasteiger partial charge is 0.481 e. The summed E-state index contributed by atoms with van der Waals surface area (Å²) >= 11 is 0. The summed E-state index contributed by atoms with van der Waals surface area (Å²) in [7, 11) is 0. The number of amides is 2. The lowest BCUT2D eigenvalue weighted by molar-refractivity contribution is -0.144. The highest BCUT2D eigenvalue weighted by molar-refractivity contribution is 6.04. The number of hydrogen-bond donors (Lipinski definition) is 3. The third-order valence-corrected chi connectivity index (χ3v) is 5.13. The molecule has 0 aromatic heterocycles. The highest BCUT2D eigenvalue weighted by Gasteiger charge is 2.30. The first-order valence-electron chi connectivity index (χ1n) is 9.59. The second-order valence-electron chi connectivity index (χ2n) is 7.28. The normalized spacial score (nSPS) is 18.7. The Labute approximate surface area is 168 Å². The minimum absolute atomic E-state index is 0.148. The molecule has 0 saturated heterocycles. The predicted octanol–water partition coefficient (Wildman–Crippen LogP) is 3.59. The van der Waals surface area contributed by atoms with Crippen LogP contribution in [0, 0.1) is 17.7 Å². The number of carboxylic acids is 1. The molecule has 7 heteroatoms. The zero-order valence-corrected chi connectivity index (χ0v) is 15.9. The van der Waals surface area contributed by atoms with Gasteiger partial charge in [0.15, 0.2) is 0 Å². The average Bonchev–Trinajstić information content (AvgIpc) is 2.72. The second-order valence-corrected chi connectivity index (χ2v) is 7.28. The number of carbonyl (C=O) groups excluding carboxylic acids is 2. The van der Waals surface area contributed by atoms with Gasteiger partial charge in [-0.05, 0) is 55.2 Å². The Morgan fingerprint density at radius 3 is 2.55 bits per heavy atom. The molecule has 2 aromatic carbocycles. The molecule has 0 spiro atoms. The Balaban J connectivity index is 1.56. The van der Waals surface area contributed by atoms with E-state index in [9.17, 15) is 18.8 Å². The fourth-order valence-corrected chi connectivity index (χ4v) is 3.58. The molecule has 6 nitrogen and oxygen atoms in total. The number of nitrogens with one attached hydrogen (secondary N) is 2. The lowest BCUT2D eigenvalue weighted by Gasteiger charge is -2.25. The molecule has 2 atom stereocenters. The van der Waals surface area contributed by atoms with Crippen molar-refractivity contribution >= 4 is 23.5 Å². The Hall–Kier alpha value is -3.22. The molecule has 152 valence electrons. The van der Waals surface area contributed by atoms with Gasteiger partial charge < -0.3 is 15.7 Å². The van der Waals surface area contributed by atoms with Gasteiger partial charge in [-0.15, -0.1) is 0 Å². The summed E-state index contributed by atoms with van der Waals surface area (Å²) in [5.74, 6) is -2.65. The van der Waals surface area contributed by atoms with Crippen molar-refractivity contribution in [3.8, 4) is 0 Å². The number of carbonyl (C=O) groups is 3. The molecule has 0 aliphatic heterocycles. The van der Waals surface area contributed by atoms with Crippen LogP contribution in [-0.4, -0.2) is 22.9 Å². The van der Waals surface area contributed by atoms with Crippen molar-refractivity contribution < 1.29 is 23.9 Å². The predicted molar refractivity (Wildman–Crippen MR) is 106 cm³/mol. The van der Waals surface area contributed by atoms with Gasteiger partial charge in [-0.25, -0.2) is 4.39 Å². The average molecular weight is 398 g/mol. The Morgan fingerprint density at radius 2 is 1.79 bits per heavy atom. The number of benzene rings is 2. The van der Waals surface area contributed by atoms with Gasteiger partial charge in [-0.2, -0.15) is 0 Å². The van der Waals surface area contributed by atoms with E-state index in [1.165, 1.54) is 18.2 Å². The molecule has 1 saturated carbocycles. The van der Waals surface area contributed by atoms with Crippen molar-refractivity contribution in [2.24, 2.45) is 11.8 Å². The van der Waals surface area contributed by atoms with Crippen molar-refractivity contribution in [2.75, 3.05) is 5.32 Å². The molecule has 2 amide bonds. The Kier molecular flexibility index (Phi) is 6.59. The summed E-state index contributed by atoms with van der Waals surface area (Å²) in [6, 6.07) is 12.4. The lowest BCUT2D eigenvalue weighted by Crippen LogP contribution is -2.35. The number of aliphatic carboxylic acids is 1. The summed E-state index contributed by atoms with van der Waals surface area (Å²) in [5, 5.41) is 14.7. The third-order valence-electron chi connectivity index (χ3n) is 5.13. The minimum Gasteiger partial charge on any atom is -0.481 e.